The third-order valence-electron chi connectivity index (χ3n) is 3.30. The van der Waals surface area contributed by atoms with Crippen LogP contribution in [0.25, 0.3) is 0 Å². The van der Waals surface area contributed by atoms with E-state index >= 15 is 0 Å². The maximum atomic E-state index is 5.83. The van der Waals surface area contributed by atoms with E-state index in [4.69, 9.17) is 10.6 Å². The molecule has 1 heterocycles. The maximum Gasteiger partial charge on any atom is 0.224 e. The second-order valence-electron chi connectivity index (χ2n) is 5.28. The van der Waals surface area contributed by atoms with Crippen LogP contribution in [0, 0.1) is 6.92 Å². The SMILES string of the molecule is CCc1nc(NN)cc(Oc2ccc(C(C)C)c(C)c2)n1. The topological polar surface area (TPSA) is 73.1 Å². The number of aromatic nitrogens is 2. The van der Waals surface area contributed by atoms with Gasteiger partial charge < -0.3 is 10.2 Å². The van der Waals surface area contributed by atoms with Gasteiger partial charge in [0.15, 0.2) is 0 Å². The number of ether oxygens (including phenoxy) is 1. The molecule has 0 saturated heterocycles. The van der Waals surface area contributed by atoms with Gasteiger partial charge in [0, 0.05) is 12.5 Å². The minimum atomic E-state index is 0.492. The molecule has 1 aromatic heterocycles. The molecule has 0 amide bonds. The molecule has 5 heteroatoms. The lowest BCUT2D eigenvalue weighted by Crippen LogP contribution is -2.10. The number of anilines is 1. The van der Waals surface area contributed by atoms with Crippen molar-refractivity contribution in [3.63, 3.8) is 0 Å². The van der Waals surface area contributed by atoms with Gasteiger partial charge in [-0.15, -0.1) is 0 Å². The van der Waals surface area contributed by atoms with Crippen molar-refractivity contribution in [2.24, 2.45) is 5.84 Å². The van der Waals surface area contributed by atoms with E-state index < -0.39 is 0 Å². The van der Waals surface area contributed by atoms with E-state index in [1.807, 2.05) is 19.1 Å². The van der Waals surface area contributed by atoms with Crippen LogP contribution in [0.15, 0.2) is 24.3 Å². The highest BCUT2D eigenvalue weighted by atomic mass is 16.5. The zero-order valence-electron chi connectivity index (χ0n) is 13.0. The number of nitrogens with zero attached hydrogens (tertiary/aromatic N) is 2. The summed E-state index contributed by atoms with van der Waals surface area (Å²) in [5.74, 6) is 8.41. The number of nitrogen functional groups attached to an aromatic ring is 1. The van der Waals surface area contributed by atoms with Gasteiger partial charge in [-0.2, -0.15) is 4.98 Å². The fourth-order valence-electron chi connectivity index (χ4n) is 2.24. The number of benzene rings is 1. The molecule has 3 N–H and O–H groups in total. The van der Waals surface area contributed by atoms with E-state index in [-0.39, 0.29) is 0 Å². The van der Waals surface area contributed by atoms with Gasteiger partial charge >= 0.3 is 0 Å². The highest BCUT2D eigenvalue weighted by Crippen LogP contribution is 2.27. The van der Waals surface area contributed by atoms with Gasteiger partial charge in [0.05, 0.1) is 0 Å². The Morgan fingerprint density at radius 2 is 2.00 bits per heavy atom. The highest BCUT2D eigenvalue weighted by Gasteiger charge is 2.08. The van der Waals surface area contributed by atoms with Crippen LogP contribution >= 0.6 is 0 Å². The van der Waals surface area contributed by atoms with Gasteiger partial charge in [-0.05, 0) is 36.1 Å². The maximum absolute atomic E-state index is 5.83. The van der Waals surface area contributed by atoms with Crippen molar-refractivity contribution in [3.05, 3.63) is 41.2 Å². The second kappa shape index (κ2) is 6.54. The summed E-state index contributed by atoms with van der Waals surface area (Å²) < 4.78 is 5.83. The lowest BCUT2D eigenvalue weighted by atomic mass is 9.98. The summed E-state index contributed by atoms with van der Waals surface area (Å²) in [5, 5.41) is 0. The number of nitrogens with two attached hydrogens (primary N) is 1. The minimum Gasteiger partial charge on any atom is -0.439 e. The van der Waals surface area contributed by atoms with Gasteiger partial charge in [-0.1, -0.05) is 26.8 Å². The van der Waals surface area contributed by atoms with Gasteiger partial charge in [-0.3, -0.25) is 0 Å². The van der Waals surface area contributed by atoms with Crippen molar-refractivity contribution in [1.82, 2.24) is 9.97 Å². The van der Waals surface area contributed by atoms with Crippen molar-refractivity contribution in [2.45, 2.75) is 40.0 Å². The van der Waals surface area contributed by atoms with Gasteiger partial charge in [0.2, 0.25) is 5.88 Å². The molecule has 0 fully saturated rings. The first kappa shape index (κ1) is 15.3. The van der Waals surface area contributed by atoms with Crippen LogP contribution in [0.1, 0.15) is 43.6 Å². The monoisotopic (exact) mass is 286 g/mol. The summed E-state index contributed by atoms with van der Waals surface area (Å²) >= 11 is 0. The lowest BCUT2D eigenvalue weighted by Gasteiger charge is -2.12. The first-order chi connectivity index (χ1) is 10.0. The highest BCUT2D eigenvalue weighted by molar-refractivity contribution is 5.41. The quantitative estimate of drug-likeness (QED) is 0.649. The molecule has 0 bridgehead atoms. The summed E-state index contributed by atoms with van der Waals surface area (Å²) in [6, 6.07) is 7.77. The number of nitrogens with one attached hydrogen (secondary N) is 1. The number of aryl methyl sites for hydroxylation is 2. The molecule has 0 spiro atoms. The summed E-state index contributed by atoms with van der Waals surface area (Å²) in [7, 11) is 0. The van der Waals surface area contributed by atoms with Gasteiger partial charge in [-0.25, -0.2) is 10.8 Å². The van der Waals surface area contributed by atoms with Gasteiger partial charge in [0.25, 0.3) is 0 Å². The molecule has 0 aliphatic rings. The molecule has 0 aliphatic carbocycles. The number of hydrogen-bond donors (Lipinski definition) is 2. The number of hydrazine groups is 1. The van der Waals surface area contributed by atoms with E-state index in [1.165, 1.54) is 11.1 Å². The Hall–Kier alpha value is -2.14. The Morgan fingerprint density at radius 3 is 2.57 bits per heavy atom. The van der Waals surface area contributed by atoms with Crippen molar-refractivity contribution < 1.29 is 4.74 Å². The molecular formula is C16H22N4O. The molecular weight excluding hydrogens is 264 g/mol. The summed E-state index contributed by atoms with van der Waals surface area (Å²) in [5.41, 5.74) is 5.07. The average Bonchev–Trinajstić information content (AvgIpc) is 2.46. The zero-order valence-corrected chi connectivity index (χ0v) is 13.0. The summed E-state index contributed by atoms with van der Waals surface area (Å²) in [6.45, 7) is 8.44. The van der Waals surface area contributed by atoms with Crippen molar-refractivity contribution in [1.29, 1.82) is 0 Å². The van der Waals surface area contributed by atoms with E-state index in [1.54, 1.807) is 6.07 Å². The molecule has 0 saturated carbocycles. The molecule has 0 aliphatic heterocycles. The number of rotatable bonds is 5. The van der Waals surface area contributed by atoms with Crippen LogP contribution in [0.5, 0.6) is 11.6 Å². The first-order valence-corrected chi connectivity index (χ1v) is 7.16. The molecule has 5 nitrogen and oxygen atoms in total. The Bertz CT molecular complexity index is 603. The van der Waals surface area contributed by atoms with Crippen LogP contribution in [0.3, 0.4) is 0 Å². The van der Waals surface area contributed by atoms with E-state index in [2.05, 4.69) is 42.2 Å². The normalized spacial score (nSPS) is 10.8. The van der Waals surface area contributed by atoms with Crippen molar-refractivity contribution in [2.75, 3.05) is 5.43 Å². The molecule has 112 valence electrons. The summed E-state index contributed by atoms with van der Waals surface area (Å²) in [6.07, 6.45) is 0.719. The molecule has 0 radical (unpaired) electrons. The van der Waals surface area contributed by atoms with Crippen molar-refractivity contribution >= 4 is 5.82 Å². The largest absolute Gasteiger partial charge is 0.439 e. The third kappa shape index (κ3) is 3.70. The molecule has 21 heavy (non-hydrogen) atoms. The second-order valence-corrected chi connectivity index (χ2v) is 5.28. The number of hydrogen-bond acceptors (Lipinski definition) is 5. The van der Waals surface area contributed by atoms with Crippen LogP contribution in [0.4, 0.5) is 5.82 Å². The molecule has 0 unspecified atom stereocenters. The Balaban J connectivity index is 2.27. The standard InChI is InChI=1S/C16H22N4O/c1-5-14-18-15(20-17)9-16(19-14)21-12-6-7-13(10(2)3)11(4)8-12/h6-10H,5,17H2,1-4H3,(H,18,19,20). The Morgan fingerprint density at radius 1 is 1.24 bits per heavy atom. The predicted molar refractivity (Wildman–Crippen MR) is 84.6 cm³/mol. The van der Waals surface area contributed by atoms with Gasteiger partial charge in [0.1, 0.15) is 17.4 Å². The van der Waals surface area contributed by atoms with E-state index in [9.17, 15) is 0 Å². The van der Waals surface area contributed by atoms with Crippen LogP contribution in [-0.2, 0) is 6.42 Å². The van der Waals surface area contributed by atoms with Crippen LogP contribution in [0.2, 0.25) is 0 Å². The minimum absolute atomic E-state index is 0.492. The fourth-order valence-corrected chi connectivity index (χ4v) is 2.24. The molecule has 2 aromatic rings. The molecule has 1 aromatic carbocycles. The van der Waals surface area contributed by atoms with Crippen LogP contribution in [-0.4, -0.2) is 9.97 Å². The molecule has 0 atom stereocenters. The van der Waals surface area contributed by atoms with E-state index in [0.29, 0.717) is 23.4 Å². The average molecular weight is 286 g/mol. The predicted octanol–water partition coefficient (Wildman–Crippen LogP) is 3.55. The van der Waals surface area contributed by atoms with E-state index in [0.717, 1.165) is 12.2 Å². The lowest BCUT2D eigenvalue weighted by molar-refractivity contribution is 0.458. The first-order valence-electron chi connectivity index (χ1n) is 7.16. The Labute approximate surface area is 125 Å². The Kier molecular flexibility index (Phi) is 4.75. The van der Waals surface area contributed by atoms with Crippen LogP contribution < -0.4 is 16.0 Å². The van der Waals surface area contributed by atoms with Crippen molar-refractivity contribution in [3.8, 4) is 11.6 Å². The smallest absolute Gasteiger partial charge is 0.224 e. The zero-order chi connectivity index (χ0) is 15.4. The fraction of sp³-hybridized carbons (Fsp3) is 0.375. The molecule has 2 rings (SSSR count). The third-order valence-corrected chi connectivity index (χ3v) is 3.30. The summed E-state index contributed by atoms with van der Waals surface area (Å²) in [4.78, 5) is 8.59.